The Bertz CT molecular complexity index is 507. The average molecular weight is 295 g/mol. The van der Waals surface area contributed by atoms with Gasteiger partial charge in [0.1, 0.15) is 17.1 Å². The summed E-state index contributed by atoms with van der Waals surface area (Å²) in [5.41, 5.74) is -0.753. The minimum absolute atomic E-state index is 0.0267. The number of hydrogen-bond acceptors (Lipinski definition) is 4. The maximum absolute atomic E-state index is 12.3. The van der Waals surface area contributed by atoms with Gasteiger partial charge in [-0.1, -0.05) is 13.0 Å². The summed E-state index contributed by atoms with van der Waals surface area (Å²) >= 11 is 0. The molecule has 0 saturated heterocycles. The number of nitrogens with one attached hydrogen (secondary N) is 1. The number of carbonyl (C=O) groups excluding carboxylic acids is 1. The molecule has 0 fully saturated rings. The first kappa shape index (κ1) is 16.8. The first-order chi connectivity index (χ1) is 9.89. The number of hydrogen-bond donors (Lipinski definition) is 2. The number of carboxylic acids is 1. The first-order valence-corrected chi connectivity index (χ1v) is 6.62. The Balaban J connectivity index is 2.97. The van der Waals surface area contributed by atoms with E-state index in [2.05, 4.69) is 5.32 Å². The van der Waals surface area contributed by atoms with Crippen molar-refractivity contribution in [3.63, 3.8) is 0 Å². The van der Waals surface area contributed by atoms with Crippen LogP contribution >= 0.6 is 0 Å². The van der Waals surface area contributed by atoms with Gasteiger partial charge in [0, 0.05) is 6.54 Å². The van der Waals surface area contributed by atoms with Crippen LogP contribution in [0.3, 0.4) is 0 Å². The van der Waals surface area contributed by atoms with Crippen molar-refractivity contribution in [1.29, 1.82) is 0 Å². The predicted octanol–water partition coefficient (Wildman–Crippen LogP) is 1.93. The average Bonchev–Trinajstić information content (AvgIpc) is 2.50. The fraction of sp³-hybridized carbons (Fsp3) is 0.467. The van der Waals surface area contributed by atoms with Crippen LogP contribution in [0.2, 0.25) is 0 Å². The van der Waals surface area contributed by atoms with Crippen molar-refractivity contribution in [3.8, 4) is 11.5 Å². The summed E-state index contributed by atoms with van der Waals surface area (Å²) < 4.78 is 10.3. The van der Waals surface area contributed by atoms with Gasteiger partial charge in [0.25, 0.3) is 5.91 Å². The number of rotatable bonds is 7. The third-order valence-corrected chi connectivity index (χ3v) is 3.59. The van der Waals surface area contributed by atoms with Crippen molar-refractivity contribution in [2.45, 2.75) is 20.3 Å². The summed E-state index contributed by atoms with van der Waals surface area (Å²) in [6, 6.07) is 5.00. The third kappa shape index (κ3) is 3.65. The number of aliphatic carboxylic acids is 1. The van der Waals surface area contributed by atoms with E-state index in [0.29, 0.717) is 17.9 Å². The van der Waals surface area contributed by atoms with Crippen LogP contribution < -0.4 is 14.8 Å². The summed E-state index contributed by atoms with van der Waals surface area (Å²) in [7, 11) is 2.91. The van der Waals surface area contributed by atoms with Crippen LogP contribution in [0.4, 0.5) is 0 Å². The van der Waals surface area contributed by atoms with Gasteiger partial charge in [-0.15, -0.1) is 0 Å². The monoisotopic (exact) mass is 295 g/mol. The molecule has 0 aromatic heterocycles. The van der Waals surface area contributed by atoms with E-state index in [1.807, 2.05) is 0 Å². The maximum atomic E-state index is 12.3. The van der Waals surface area contributed by atoms with Crippen molar-refractivity contribution >= 4 is 11.9 Å². The highest BCUT2D eigenvalue weighted by molar-refractivity contribution is 6.00. The molecule has 0 bridgehead atoms. The van der Waals surface area contributed by atoms with Crippen molar-refractivity contribution in [2.24, 2.45) is 5.41 Å². The third-order valence-electron chi connectivity index (χ3n) is 3.59. The van der Waals surface area contributed by atoms with Crippen LogP contribution in [0, 0.1) is 5.41 Å². The van der Waals surface area contributed by atoms with E-state index in [9.17, 15) is 14.7 Å². The van der Waals surface area contributed by atoms with Crippen LogP contribution in [0.5, 0.6) is 11.5 Å². The molecule has 1 amide bonds. The molecule has 0 radical (unpaired) electrons. The summed E-state index contributed by atoms with van der Waals surface area (Å²) in [5, 5.41) is 11.9. The second-order valence-corrected chi connectivity index (χ2v) is 4.94. The van der Waals surface area contributed by atoms with Gasteiger partial charge < -0.3 is 19.9 Å². The summed E-state index contributed by atoms with van der Waals surface area (Å²) in [6.07, 6.45) is 0.408. The highest BCUT2D eigenvalue weighted by atomic mass is 16.5. The predicted molar refractivity (Wildman–Crippen MR) is 77.9 cm³/mol. The second-order valence-electron chi connectivity index (χ2n) is 4.94. The highest BCUT2D eigenvalue weighted by Gasteiger charge is 2.32. The molecule has 1 aromatic rings. The van der Waals surface area contributed by atoms with E-state index >= 15 is 0 Å². The molecule has 21 heavy (non-hydrogen) atoms. The standard InChI is InChI=1S/C15H21NO5/c1-5-15(2,14(18)19)9-16-13(17)12-10(20-3)7-6-8-11(12)21-4/h6-8H,5,9H2,1-4H3,(H,16,17)(H,18,19). The van der Waals surface area contributed by atoms with Crippen LogP contribution in [-0.4, -0.2) is 37.7 Å². The molecule has 6 nitrogen and oxygen atoms in total. The zero-order chi connectivity index (χ0) is 16.0. The van der Waals surface area contributed by atoms with Gasteiger partial charge in [-0.3, -0.25) is 9.59 Å². The molecule has 1 rings (SSSR count). The molecular weight excluding hydrogens is 274 g/mol. The van der Waals surface area contributed by atoms with Crippen molar-refractivity contribution in [3.05, 3.63) is 23.8 Å². The minimum Gasteiger partial charge on any atom is -0.496 e. The van der Waals surface area contributed by atoms with Crippen LogP contribution in [0.1, 0.15) is 30.6 Å². The Morgan fingerprint density at radius 3 is 2.14 bits per heavy atom. The lowest BCUT2D eigenvalue weighted by atomic mass is 9.87. The number of carboxylic acid groups (broad SMARTS) is 1. The molecule has 0 saturated carbocycles. The van der Waals surface area contributed by atoms with Gasteiger partial charge in [0.15, 0.2) is 0 Å². The lowest BCUT2D eigenvalue weighted by Gasteiger charge is -2.23. The Kier molecular flexibility index (Phi) is 5.58. The number of benzene rings is 1. The van der Waals surface area contributed by atoms with Gasteiger partial charge in [-0.25, -0.2) is 0 Å². The quantitative estimate of drug-likeness (QED) is 0.803. The van der Waals surface area contributed by atoms with E-state index < -0.39 is 17.3 Å². The lowest BCUT2D eigenvalue weighted by molar-refractivity contribution is -0.147. The van der Waals surface area contributed by atoms with Gasteiger partial charge in [0.05, 0.1) is 19.6 Å². The largest absolute Gasteiger partial charge is 0.496 e. The van der Waals surface area contributed by atoms with E-state index in [4.69, 9.17) is 9.47 Å². The summed E-state index contributed by atoms with van der Waals surface area (Å²) in [4.78, 5) is 23.6. The molecule has 0 aliphatic carbocycles. The van der Waals surface area contributed by atoms with Crippen molar-refractivity contribution in [2.75, 3.05) is 20.8 Å². The minimum atomic E-state index is -1.01. The summed E-state index contributed by atoms with van der Waals surface area (Å²) in [5.74, 6) is -0.622. The Labute approximate surface area is 124 Å². The van der Waals surface area contributed by atoms with E-state index in [1.54, 1.807) is 32.0 Å². The Morgan fingerprint density at radius 2 is 1.76 bits per heavy atom. The Hall–Kier alpha value is -2.24. The normalized spacial score (nSPS) is 13.1. The molecule has 1 aromatic carbocycles. The van der Waals surface area contributed by atoms with Gasteiger partial charge in [0.2, 0.25) is 0 Å². The fourth-order valence-corrected chi connectivity index (χ4v) is 1.79. The van der Waals surface area contributed by atoms with E-state index in [0.717, 1.165) is 0 Å². The zero-order valence-electron chi connectivity index (χ0n) is 12.7. The number of ether oxygens (including phenoxy) is 2. The molecule has 116 valence electrons. The molecule has 0 aliphatic rings. The maximum Gasteiger partial charge on any atom is 0.311 e. The molecular formula is C15H21NO5. The smallest absolute Gasteiger partial charge is 0.311 e. The van der Waals surface area contributed by atoms with Gasteiger partial charge in [-0.05, 0) is 25.5 Å². The van der Waals surface area contributed by atoms with Crippen molar-refractivity contribution < 1.29 is 24.2 Å². The van der Waals surface area contributed by atoms with Crippen LogP contribution in [0.15, 0.2) is 18.2 Å². The molecule has 0 spiro atoms. The zero-order valence-corrected chi connectivity index (χ0v) is 12.7. The van der Waals surface area contributed by atoms with Gasteiger partial charge in [-0.2, -0.15) is 0 Å². The number of carbonyl (C=O) groups is 2. The molecule has 1 unspecified atom stereocenters. The van der Waals surface area contributed by atoms with E-state index in [-0.39, 0.29) is 12.1 Å². The SMILES string of the molecule is CCC(C)(CNC(=O)c1c(OC)cccc1OC)C(=O)O. The molecule has 2 N–H and O–H groups in total. The second kappa shape index (κ2) is 6.97. The topological polar surface area (TPSA) is 84.9 Å². The molecule has 1 atom stereocenters. The molecule has 0 heterocycles. The van der Waals surface area contributed by atoms with Gasteiger partial charge >= 0.3 is 5.97 Å². The summed E-state index contributed by atoms with van der Waals surface area (Å²) in [6.45, 7) is 3.39. The van der Waals surface area contributed by atoms with E-state index in [1.165, 1.54) is 14.2 Å². The number of methoxy groups -OCH3 is 2. The molecule has 6 heteroatoms. The van der Waals surface area contributed by atoms with Crippen molar-refractivity contribution in [1.82, 2.24) is 5.32 Å². The first-order valence-electron chi connectivity index (χ1n) is 6.62. The Morgan fingerprint density at radius 1 is 1.24 bits per heavy atom. The number of amides is 1. The fourth-order valence-electron chi connectivity index (χ4n) is 1.79. The van der Waals surface area contributed by atoms with Crippen LogP contribution in [-0.2, 0) is 4.79 Å². The highest BCUT2D eigenvalue weighted by Crippen LogP contribution is 2.28. The lowest BCUT2D eigenvalue weighted by Crippen LogP contribution is -2.40. The van der Waals surface area contributed by atoms with Crippen LogP contribution in [0.25, 0.3) is 0 Å². The molecule has 0 aliphatic heterocycles.